The monoisotopic (exact) mass is 314 g/mol. The predicted octanol–water partition coefficient (Wildman–Crippen LogP) is 4.82. The first kappa shape index (κ1) is 12.4. The van der Waals surface area contributed by atoms with Crippen molar-refractivity contribution in [2.24, 2.45) is 0 Å². The Kier molecular flexibility index (Phi) is 4.02. The van der Waals surface area contributed by atoms with Gasteiger partial charge in [0, 0.05) is 15.1 Å². The molecular formula is C13H9BrClFO. The van der Waals surface area contributed by atoms with E-state index in [1.165, 1.54) is 6.07 Å². The fourth-order valence-corrected chi connectivity index (χ4v) is 2.22. The van der Waals surface area contributed by atoms with Gasteiger partial charge in [0.2, 0.25) is 0 Å². The van der Waals surface area contributed by atoms with Gasteiger partial charge in [0.1, 0.15) is 18.2 Å². The molecule has 0 saturated heterocycles. The molecule has 17 heavy (non-hydrogen) atoms. The summed E-state index contributed by atoms with van der Waals surface area (Å²) in [6.07, 6.45) is 0. The average Bonchev–Trinajstić information content (AvgIpc) is 2.27. The summed E-state index contributed by atoms with van der Waals surface area (Å²) in [5.74, 6) is 0.334. The summed E-state index contributed by atoms with van der Waals surface area (Å²) in [6, 6.07) is 11.8. The van der Waals surface area contributed by atoms with Gasteiger partial charge in [-0.3, -0.25) is 0 Å². The van der Waals surface area contributed by atoms with Crippen LogP contribution in [0.3, 0.4) is 0 Å². The van der Waals surface area contributed by atoms with Crippen molar-refractivity contribution in [2.75, 3.05) is 0 Å². The van der Waals surface area contributed by atoms with Crippen LogP contribution in [-0.2, 0) is 6.61 Å². The Hall–Kier alpha value is -1.06. The first-order chi connectivity index (χ1) is 8.15. The van der Waals surface area contributed by atoms with Crippen molar-refractivity contribution in [1.29, 1.82) is 0 Å². The third kappa shape index (κ3) is 3.45. The minimum Gasteiger partial charge on any atom is -0.489 e. The SMILES string of the molecule is Fc1ccccc1COc1cc(Cl)cc(Br)c1. The molecule has 0 spiro atoms. The Morgan fingerprint density at radius 2 is 1.94 bits per heavy atom. The van der Waals surface area contributed by atoms with Crippen LogP contribution in [-0.4, -0.2) is 0 Å². The molecule has 1 nitrogen and oxygen atoms in total. The molecule has 0 radical (unpaired) electrons. The minimum atomic E-state index is -0.270. The molecule has 0 bridgehead atoms. The van der Waals surface area contributed by atoms with E-state index in [2.05, 4.69) is 15.9 Å². The van der Waals surface area contributed by atoms with Crippen LogP contribution in [0.15, 0.2) is 46.9 Å². The van der Waals surface area contributed by atoms with E-state index in [-0.39, 0.29) is 12.4 Å². The number of benzene rings is 2. The quantitative estimate of drug-likeness (QED) is 0.789. The molecule has 0 aliphatic rings. The third-order valence-electron chi connectivity index (χ3n) is 2.19. The molecule has 0 saturated carbocycles. The van der Waals surface area contributed by atoms with E-state index >= 15 is 0 Å². The standard InChI is InChI=1S/C13H9BrClFO/c14-10-5-11(15)7-12(6-10)17-8-9-3-1-2-4-13(9)16/h1-7H,8H2. The molecule has 2 aromatic rings. The normalized spacial score (nSPS) is 10.3. The summed E-state index contributed by atoms with van der Waals surface area (Å²) < 4.78 is 19.6. The molecule has 88 valence electrons. The third-order valence-corrected chi connectivity index (χ3v) is 2.86. The number of hydrogen-bond donors (Lipinski definition) is 0. The predicted molar refractivity (Wildman–Crippen MR) is 69.9 cm³/mol. The van der Waals surface area contributed by atoms with Crippen molar-refractivity contribution in [1.82, 2.24) is 0 Å². The molecule has 0 unspecified atom stereocenters. The summed E-state index contributed by atoms with van der Waals surface area (Å²) in [7, 11) is 0. The molecule has 0 aromatic heterocycles. The molecule has 0 fully saturated rings. The van der Waals surface area contributed by atoms with Gasteiger partial charge in [0.05, 0.1) is 0 Å². The highest BCUT2D eigenvalue weighted by Crippen LogP contribution is 2.25. The Labute approximate surface area is 112 Å². The van der Waals surface area contributed by atoms with Gasteiger partial charge in [-0.05, 0) is 24.3 Å². The van der Waals surface area contributed by atoms with E-state index in [1.807, 2.05) is 0 Å². The largest absolute Gasteiger partial charge is 0.489 e. The molecule has 2 aromatic carbocycles. The number of rotatable bonds is 3. The van der Waals surface area contributed by atoms with E-state index in [4.69, 9.17) is 16.3 Å². The van der Waals surface area contributed by atoms with Gasteiger partial charge in [0.25, 0.3) is 0 Å². The van der Waals surface area contributed by atoms with Gasteiger partial charge in [-0.2, -0.15) is 0 Å². The highest BCUT2D eigenvalue weighted by atomic mass is 79.9. The number of halogens is 3. The van der Waals surface area contributed by atoms with E-state index in [9.17, 15) is 4.39 Å². The molecule has 0 amide bonds. The maximum absolute atomic E-state index is 13.3. The van der Waals surface area contributed by atoms with E-state index in [1.54, 1.807) is 36.4 Å². The molecule has 0 aliphatic heterocycles. The topological polar surface area (TPSA) is 9.23 Å². The minimum absolute atomic E-state index is 0.180. The molecule has 0 aliphatic carbocycles. The molecule has 4 heteroatoms. The van der Waals surface area contributed by atoms with Crippen molar-refractivity contribution < 1.29 is 9.13 Å². The fourth-order valence-electron chi connectivity index (χ4n) is 1.39. The second-order valence-corrected chi connectivity index (χ2v) is 4.84. The lowest BCUT2D eigenvalue weighted by atomic mass is 10.2. The lowest BCUT2D eigenvalue weighted by Gasteiger charge is -2.07. The Bertz CT molecular complexity index is 510. The van der Waals surface area contributed by atoms with Gasteiger partial charge in [-0.1, -0.05) is 45.7 Å². The average molecular weight is 316 g/mol. The maximum atomic E-state index is 13.3. The van der Waals surface area contributed by atoms with Gasteiger partial charge < -0.3 is 4.74 Å². The molecule has 0 heterocycles. The Morgan fingerprint density at radius 3 is 2.65 bits per heavy atom. The van der Waals surface area contributed by atoms with E-state index in [0.29, 0.717) is 16.3 Å². The Balaban J connectivity index is 2.10. The van der Waals surface area contributed by atoms with Crippen LogP contribution in [0, 0.1) is 5.82 Å². The zero-order valence-corrected chi connectivity index (χ0v) is 11.1. The van der Waals surface area contributed by atoms with E-state index < -0.39 is 0 Å². The maximum Gasteiger partial charge on any atom is 0.129 e. The molecular weight excluding hydrogens is 306 g/mol. The highest BCUT2D eigenvalue weighted by molar-refractivity contribution is 9.10. The van der Waals surface area contributed by atoms with Crippen LogP contribution in [0.4, 0.5) is 4.39 Å². The lowest BCUT2D eigenvalue weighted by molar-refractivity contribution is 0.299. The summed E-state index contributed by atoms with van der Waals surface area (Å²) in [5, 5.41) is 0.572. The number of ether oxygens (including phenoxy) is 1. The van der Waals surface area contributed by atoms with Gasteiger partial charge in [-0.15, -0.1) is 0 Å². The summed E-state index contributed by atoms with van der Waals surface area (Å²) in [4.78, 5) is 0. The van der Waals surface area contributed by atoms with Crippen molar-refractivity contribution in [3.63, 3.8) is 0 Å². The van der Waals surface area contributed by atoms with E-state index in [0.717, 1.165) is 4.47 Å². The van der Waals surface area contributed by atoms with Crippen LogP contribution >= 0.6 is 27.5 Å². The van der Waals surface area contributed by atoms with Crippen LogP contribution in [0.25, 0.3) is 0 Å². The van der Waals surface area contributed by atoms with Crippen molar-refractivity contribution in [3.8, 4) is 5.75 Å². The van der Waals surface area contributed by atoms with Crippen LogP contribution in [0.5, 0.6) is 5.75 Å². The smallest absolute Gasteiger partial charge is 0.129 e. The zero-order valence-electron chi connectivity index (χ0n) is 8.79. The summed E-state index contributed by atoms with van der Waals surface area (Å²) in [5.41, 5.74) is 0.517. The first-order valence-electron chi connectivity index (χ1n) is 4.97. The second-order valence-electron chi connectivity index (χ2n) is 3.49. The first-order valence-corrected chi connectivity index (χ1v) is 6.14. The zero-order chi connectivity index (χ0) is 12.3. The number of hydrogen-bond acceptors (Lipinski definition) is 1. The van der Waals surface area contributed by atoms with Crippen molar-refractivity contribution in [2.45, 2.75) is 6.61 Å². The fraction of sp³-hybridized carbons (Fsp3) is 0.0769. The van der Waals surface area contributed by atoms with Crippen molar-refractivity contribution >= 4 is 27.5 Å². The van der Waals surface area contributed by atoms with Gasteiger partial charge in [0.15, 0.2) is 0 Å². The van der Waals surface area contributed by atoms with Crippen LogP contribution < -0.4 is 4.74 Å². The van der Waals surface area contributed by atoms with Gasteiger partial charge in [-0.25, -0.2) is 4.39 Å². The molecule has 0 N–H and O–H groups in total. The second kappa shape index (κ2) is 5.52. The van der Waals surface area contributed by atoms with Crippen LogP contribution in [0.2, 0.25) is 5.02 Å². The molecule has 2 rings (SSSR count). The summed E-state index contributed by atoms with van der Waals surface area (Å²) in [6.45, 7) is 0.180. The Morgan fingerprint density at radius 1 is 1.18 bits per heavy atom. The highest BCUT2D eigenvalue weighted by Gasteiger charge is 2.03. The summed E-state index contributed by atoms with van der Waals surface area (Å²) >= 11 is 9.19. The van der Waals surface area contributed by atoms with Crippen molar-refractivity contribution in [3.05, 3.63) is 63.3 Å². The van der Waals surface area contributed by atoms with Gasteiger partial charge >= 0.3 is 0 Å². The lowest BCUT2D eigenvalue weighted by Crippen LogP contribution is -1.98. The molecule has 0 atom stereocenters. The van der Waals surface area contributed by atoms with Crippen LogP contribution in [0.1, 0.15) is 5.56 Å².